The molecule has 5 heteroatoms. The fourth-order valence-electron chi connectivity index (χ4n) is 4.60. The normalized spacial score (nSPS) is 19.7. The fraction of sp³-hybridized carbons (Fsp3) is 0.200. The first kappa shape index (κ1) is 21.2. The van der Waals surface area contributed by atoms with Gasteiger partial charge in [-0.05, 0) is 0 Å². The second-order valence-electron chi connectivity index (χ2n) is 7.46. The molecule has 0 aromatic heterocycles. The number of benzene rings is 3. The van der Waals surface area contributed by atoms with Crippen molar-refractivity contribution in [2.24, 2.45) is 0 Å². The van der Waals surface area contributed by atoms with Gasteiger partial charge in [0, 0.05) is 0 Å². The van der Waals surface area contributed by atoms with Crippen molar-refractivity contribution in [3.05, 3.63) is 102 Å². The van der Waals surface area contributed by atoms with Crippen molar-refractivity contribution in [3.8, 4) is 0 Å². The van der Waals surface area contributed by atoms with Gasteiger partial charge in [-0.3, -0.25) is 0 Å². The molecule has 0 aliphatic carbocycles. The molecule has 0 N–H and O–H groups in total. The summed E-state index contributed by atoms with van der Waals surface area (Å²) in [5, 5.41) is 5.03. The van der Waals surface area contributed by atoms with Crippen LogP contribution in [0.2, 0.25) is 0 Å². The average molecular weight is 438 g/mol. The summed E-state index contributed by atoms with van der Waals surface area (Å²) in [7, 11) is -3.33. The Hall–Kier alpha value is -2.02. The molecular weight excluding hydrogens is 410 g/mol. The molecule has 1 fully saturated rings. The van der Waals surface area contributed by atoms with Gasteiger partial charge in [0.2, 0.25) is 0 Å². The van der Waals surface area contributed by atoms with Crippen LogP contribution < -0.4 is 15.9 Å². The van der Waals surface area contributed by atoms with Crippen molar-refractivity contribution in [1.29, 1.82) is 0 Å². The van der Waals surface area contributed by atoms with Gasteiger partial charge >= 0.3 is 179 Å². The number of rotatable bonds is 8. The Kier molecular flexibility index (Phi) is 5.84. The Labute approximate surface area is 179 Å². The first-order valence-electron chi connectivity index (χ1n) is 10.4. The van der Waals surface area contributed by atoms with Crippen LogP contribution >= 0.6 is 14.2 Å². The Bertz CT molecular complexity index is 970. The standard InChI is InChI=1S/C25H28O3P2/c1-3-27-29(26,28-4-2)20-25-21-30(25,22-14-8-5-9-15-22,23-16-10-6-11-17-23)24-18-12-7-13-19-24/h5-20H,3-4,21H2,1-2H3. The van der Waals surface area contributed by atoms with E-state index in [2.05, 4.69) is 72.8 Å². The van der Waals surface area contributed by atoms with E-state index in [1.807, 2.05) is 37.9 Å². The van der Waals surface area contributed by atoms with Gasteiger partial charge in [0.25, 0.3) is 0 Å². The summed E-state index contributed by atoms with van der Waals surface area (Å²) in [5.74, 6) is 1.82. The van der Waals surface area contributed by atoms with Crippen LogP contribution in [0.5, 0.6) is 0 Å². The second-order valence-corrected chi connectivity index (χ2v) is 14.4. The third-order valence-corrected chi connectivity index (χ3v) is 14.4. The van der Waals surface area contributed by atoms with E-state index in [0.29, 0.717) is 13.2 Å². The van der Waals surface area contributed by atoms with Crippen molar-refractivity contribution in [3.63, 3.8) is 0 Å². The summed E-state index contributed by atoms with van der Waals surface area (Å²) in [6, 6.07) is 32.0. The maximum atomic E-state index is 13.5. The topological polar surface area (TPSA) is 35.5 Å². The van der Waals surface area contributed by atoms with Crippen LogP contribution in [0.15, 0.2) is 102 Å². The van der Waals surface area contributed by atoms with Gasteiger partial charge in [0.05, 0.1) is 0 Å². The van der Waals surface area contributed by atoms with Crippen LogP contribution in [-0.4, -0.2) is 19.4 Å². The van der Waals surface area contributed by atoms with E-state index < -0.39 is 14.2 Å². The third kappa shape index (κ3) is 3.22. The van der Waals surface area contributed by atoms with Crippen LogP contribution in [0.4, 0.5) is 0 Å². The van der Waals surface area contributed by atoms with Crippen LogP contribution in [0.25, 0.3) is 0 Å². The summed E-state index contributed by atoms with van der Waals surface area (Å²) >= 11 is 0. The molecule has 0 saturated carbocycles. The molecule has 0 radical (unpaired) electrons. The molecule has 3 aromatic carbocycles. The van der Waals surface area contributed by atoms with Gasteiger partial charge in [0.15, 0.2) is 0 Å². The molecule has 1 saturated heterocycles. The van der Waals surface area contributed by atoms with Gasteiger partial charge in [0.1, 0.15) is 0 Å². The van der Waals surface area contributed by atoms with Crippen LogP contribution in [0.1, 0.15) is 13.8 Å². The summed E-state index contributed by atoms with van der Waals surface area (Å²) in [6.07, 6.45) is 0.855. The van der Waals surface area contributed by atoms with Crippen LogP contribution in [0, 0.1) is 0 Å². The summed E-state index contributed by atoms with van der Waals surface area (Å²) < 4.78 is 24.8. The van der Waals surface area contributed by atoms with E-state index in [1.165, 1.54) is 21.2 Å². The van der Waals surface area contributed by atoms with Gasteiger partial charge in [-0.2, -0.15) is 0 Å². The van der Waals surface area contributed by atoms with Crippen LogP contribution in [0.3, 0.4) is 0 Å². The minimum atomic E-state index is -3.33. The van der Waals surface area contributed by atoms with E-state index >= 15 is 0 Å². The van der Waals surface area contributed by atoms with Crippen molar-refractivity contribution in [2.75, 3.05) is 19.4 Å². The molecule has 156 valence electrons. The van der Waals surface area contributed by atoms with Crippen molar-refractivity contribution < 1.29 is 13.6 Å². The Balaban J connectivity index is 2.05. The van der Waals surface area contributed by atoms with Crippen molar-refractivity contribution in [1.82, 2.24) is 0 Å². The summed E-state index contributed by atoms with van der Waals surface area (Å²) in [4.78, 5) is 0. The Morgan fingerprint density at radius 1 is 0.733 bits per heavy atom. The Morgan fingerprint density at radius 2 is 1.10 bits per heavy atom. The molecule has 0 amide bonds. The number of hydrogen-bond donors (Lipinski definition) is 0. The zero-order valence-corrected chi connectivity index (χ0v) is 19.3. The minimum absolute atomic E-state index is 0.346. The summed E-state index contributed by atoms with van der Waals surface area (Å²) in [6.45, 7) is 1.48. The van der Waals surface area contributed by atoms with Crippen molar-refractivity contribution in [2.45, 2.75) is 13.8 Å². The molecule has 1 aliphatic heterocycles. The van der Waals surface area contributed by atoms with Gasteiger partial charge < -0.3 is 0 Å². The maximum absolute atomic E-state index is 13.5. The first-order chi connectivity index (χ1) is 14.6. The summed E-state index contributed by atoms with van der Waals surface area (Å²) in [5.41, 5.74) is 0. The fourth-order valence-corrected chi connectivity index (χ4v) is 13.8. The molecule has 1 heterocycles. The molecular formula is C25H28O3P2. The molecule has 3 aromatic rings. The van der Waals surface area contributed by atoms with Crippen molar-refractivity contribution >= 4 is 30.1 Å². The van der Waals surface area contributed by atoms with Gasteiger partial charge in [-0.25, -0.2) is 0 Å². The monoisotopic (exact) mass is 438 g/mol. The molecule has 30 heavy (non-hydrogen) atoms. The zero-order valence-electron chi connectivity index (χ0n) is 17.5. The number of allylic oxidation sites excluding steroid dienone is 1. The predicted octanol–water partition coefficient (Wildman–Crippen LogP) is 5.64. The zero-order chi connectivity index (χ0) is 21.1. The van der Waals surface area contributed by atoms with E-state index in [1.54, 1.807) is 0 Å². The Morgan fingerprint density at radius 3 is 1.43 bits per heavy atom. The molecule has 4 rings (SSSR count). The quantitative estimate of drug-likeness (QED) is 0.427. The van der Waals surface area contributed by atoms with E-state index in [-0.39, 0.29) is 0 Å². The molecule has 1 aliphatic rings. The molecule has 3 nitrogen and oxygen atoms in total. The molecule has 0 atom stereocenters. The SMILES string of the molecule is CCOP(=O)(C=C1CP1(c1ccccc1)(c1ccccc1)c1ccccc1)OCC. The second kappa shape index (κ2) is 8.25. The third-order valence-electron chi connectivity index (χ3n) is 5.91. The van der Waals surface area contributed by atoms with E-state index in [9.17, 15) is 4.57 Å². The van der Waals surface area contributed by atoms with E-state index in [4.69, 9.17) is 9.05 Å². The number of hydrogen-bond acceptors (Lipinski definition) is 3. The van der Waals surface area contributed by atoms with Gasteiger partial charge in [-0.15, -0.1) is 0 Å². The average Bonchev–Trinajstić information content (AvgIpc) is 3.46. The molecule has 0 spiro atoms. The predicted molar refractivity (Wildman–Crippen MR) is 129 cm³/mol. The molecule has 0 bridgehead atoms. The van der Waals surface area contributed by atoms with Crippen LogP contribution in [-0.2, 0) is 13.6 Å². The van der Waals surface area contributed by atoms with E-state index in [0.717, 1.165) is 6.16 Å². The van der Waals surface area contributed by atoms with Gasteiger partial charge in [-0.1, -0.05) is 0 Å². The first-order valence-corrected chi connectivity index (χ1v) is 14.4. The molecule has 0 unspecified atom stereocenters.